The average Bonchev–Trinajstić information content (AvgIpc) is 2.84. The fraction of sp³-hybridized carbons (Fsp3) is 0.250. The fourth-order valence-electron chi connectivity index (χ4n) is 1.88. The van der Waals surface area contributed by atoms with Gasteiger partial charge >= 0.3 is 0 Å². The van der Waals surface area contributed by atoms with Crippen LogP contribution < -0.4 is 15.2 Å². The maximum absolute atomic E-state index is 6.15. The summed E-state index contributed by atoms with van der Waals surface area (Å²) in [7, 11) is 0. The molecule has 1 aliphatic heterocycles. The highest BCUT2D eigenvalue weighted by Crippen LogP contribution is 2.33. The summed E-state index contributed by atoms with van der Waals surface area (Å²) in [6, 6.07) is 5.39. The van der Waals surface area contributed by atoms with Crippen molar-refractivity contribution in [2.24, 2.45) is 5.73 Å². The van der Waals surface area contributed by atoms with Crippen molar-refractivity contribution >= 4 is 15.9 Å². The van der Waals surface area contributed by atoms with Crippen LogP contribution in [0.15, 0.2) is 29.0 Å². The predicted molar refractivity (Wildman–Crippen MR) is 69.8 cm³/mol. The number of ether oxygens (including phenoxy) is 2. The Morgan fingerprint density at radius 2 is 2.06 bits per heavy atom. The van der Waals surface area contributed by atoms with Gasteiger partial charge in [0.05, 0.1) is 12.2 Å². The SMILES string of the molecule is NC(c1ccc2c(c1)OCCO2)c1ncc(Br)[nH]1. The lowest BCUT2D eigenvalue weighted by Crippen LogP contribution is -2.17. The number of halogens is 1. The van der Waals surface area contributed by atoms with Crippen LogP contribution in [0.3, 0.4) is 0 Å². The molecule has 0 saturated carbocycles. The smallest absolute Gasteiger partial charge is 0.161 e. The molecule has 0 amide bonds. The molecule has 18 heavy (non-hydrogen) atoms. The summed E-state index contributed by atoms with van der Waals surface area (Å²) >= 11 is 3.31. The van der Waals surface area contributed by atoms with E-state index in [-0.39, 0.29) is 6.04 Å². The third kappa shape index (κ3) is 2.09. The molecule has 94 valence electrons. The monoisotopic (exact) mass is 309 g/mol. The summed E-state index contributed by atoms with van der Waals surface area (Å²) < 4.78 is 11.8. The Morgan fingerprint density at radius 3 is 2.78 bits per heavy atom. The minimum absolute atomic E-state index is 0.313. The van der Waals surface area contributed by atoms with Gasteiger partial charge in [-0.15, -0.1) is 0 Å². The lowest BCUT2D eigenvalue weighted by Gasteiger charge is -2.20. The first-order valence-electron chi connectivity index (χ1n) is 5.59. The molecular formula is C12H12BrN3O2. The van der Waals surface area contributed by atoms with E-state index in [4.69, 9.17) is 15.2 Å². The maximum atomic E-state index is 6.15. The first-order valence-corrected chi connectivity index (χ1v) is 6.39. The second kappa shape index (κ2) is 4.62. The standard InChI is InChI=1S/C12H12BrN3O2/c13-10-6-15-12(16-10)11(14)7-1-2-8-9(5-7)18-4-3-17-8/h1-2,5-6,11H,3-4,14H2,(H,15,16). The number of imidazole rings is 1. The molecule has 0 bridgehead atoms. The van der Waals surface area contributed by atoms with Crippen molar-refractivity contribution in [2.75, 3.05) is 13.2 Å². The summed E-state index contributed by atoms with van der Waals surface area (Å²) in [5.41, 5.74) is 7.08. The van der Waals surface area contributed by atoms with Gasteiger partial charge in [-0.05, 0) is 33.6 Å². The minimum atomic E-state index is -0.313. The number of nitrogens with two attached hydrogens (primary N) is 1. The van der Waals surface area contributed by atoms with Gasteiger partial charge in [0.15, 0.2) is 11.5 Å². The molecule has 0 fully saturated rings. The van der Waals surface area contributed by atoms with Crippen molar-refractivity contribution in [2.45, 2.75) is 6.04 Å². The summed E-state index contributed by atoms with van der Waals surface area (Å²) in [6.45, 7) is 1.15. The van der Waals surface area contributed by atoms with Crippen molar-refractivity contribution < 1.29 is 9.47 Å². The van der Waals surface area contributed by atoms with Crippen LogP contribution in [0.5, 0.6) is 11.5 Å². The number of hydrogen-bond donors (Lipinski definition) is 2. The molecule has 0 aliphatic carbocycles. The fourth-order valence-corrected chi connectivity index (χ4v) is 2.19. The first kappa shape index (κ1) is 11.6. The highest BCUT2D eigenvalue weighted by atomic mass is 79.9. The van der Waals surface area contributed by atoms with Crippen LogP contribution in [-0.4, -0.2) is 23.2 Å². The number of aromatic nitrogens is 2. The van der Waals surface area contributed by atoms with Gasteiger partial charge in [0.1, 0.15) is 23.6 Å². The third-order valence-corrected chi connectivity index (χ3v) is 3.19. The third-order valence-electron chi connectivity index (χ3n) is 2.78. The highest BCUT2D eigenvalue weighted by molar-refractivity contribution is 9.10. The zero-order valence-electron chi connectivity index (χ0n) is 9.52. The Balaban J connectivity index is 1.92. The Kier molecular flexibility index (Phi) is 2.97. The average molecular weight is 310 g/mol. The molecule has 1 aliphatic rings. The topological polar surface area (TPSA) is 73.2 Å². The van der Waals surface area contributed by atoms with E-state index >= 15 is 0 Å². The molecule has 0 spiro atoms. The Bertz CT molecular complexity index is 570. The number of benzene rings is 1. The maximum Gasteiger partial charge on any atom is 0.161 e. The molecule has 3 rings (SSSR count). The van der Waals surface area contributed by atoms with Gasteiger partial charge in [-0.25, -0.2) is 4.98 Å². The molecule has 1 atom stereocenters. The second-order valence-electron chi connectivity index (χ2n) is 4.00. The molecule has 0 radical (unpaired) electrons. The number of hydrogen-bond acceptors (Lipinski definition) is 4. The van der Waals surface area contributed by atoms with Crippen molar-refractivity contribution in [1.82, 2.24) is 9.97 Å². The van der Waals surface area contributed by atoms with Gasteiger partial charge in [0, 0.05) is 0 Å². The second-order valence-corrected chi connectivity index (χ2v) is 4.85. The van der Waals surface area contributed by atoms with Gasteiger partial charge < -0.3 is 20.2 Å². The molecule has 1 aromatic heterocycles. The van der Waals surface area contributed by atoms with Crippen LogP contribution >= 0.6 is 15.9 Å². The van der Waals surface area contributed by atoms with Crippen LogP contribution in [0.2, 0.25) is 0 Å². The summed E-state index contributed by atoms with van der Waals surface area (Å²) in [4.78, 5) is 7.27. The summed E-state index contributed by atoms with van der Waals surface area (Å²) in [6.07, 6.45) is 1.69. The van der Waals surface area contributed by atoms with E-state index in [1.807, 2.05) is 18.2 Å². The molecule has 3 N–H and O–H groups in total. The number of aromatic amines is 1. The zero-order valence-corrected chi connectivity index (χ0v) is 11.1. The van der Waals surface area contributed by atoms with Gasteiger partial charge in [0.25, 0.3) is 0 Å². The Morgan fingerprint density at radius 1 is 1.28 bits per heavy atom. The van der Waals surface area contributed by atoms with E-state index in [0.29, 0.717) is 19.0 Å². The lowest BCUT2D eigenvalue weighted by atomic mass is 10.1. The van der Waals surface area contributed by atoms with Crippen LogP contribution in [-0.2, 0) is 0 Å². The Labute approximate surface area is 112 Å². The molecular weight excluding hydrogens is 298 g/mol. The lowest BCUT2D eigenvalue weighted by molar-refractivity contribution is 0.171. The predicted octanol–water partition coefficient (Wildman–Crippen LogP) is 1.99. The number of nitrogens with one attached hydrogen (secondary N) is 1. The summed E-state index contributed by atoms with van der Waals surface area (Å²) in [5, 5.41) is 0. The van der Waals surface area contributed by atoms with Gasteiger partial charge in [-0.3, -0.25) is 0 Å². The highest BCUT2D eigenvalue weighted by Gasteiger charge is 2.17. The van der Waals surface area contributed by atoms with Crippen molar-refractivity contribution in [3.63, 3.8) is 0 Å². The van der Waals surface area contributed by atoms with Gasteiger partial charge in [-0.1, -0.05) is 6.07 Å². The largest absolute Gasteiger partial charge is 0.486 e. The van der Waals surface area contributed by atoms with Crippen molar-refractivity contribution in [1.29, 1.82) is 0 Å². The van der Waals surface area contributed by atoms with Crippen LogP contribution in [0.1, 0.15) is 17.4 Å². The van der Waals surface area contributed by atoms with E-state index in [1.54, 1.807) is 6.20 Å². The van der Waals surface area contributed by atoms with Gasteiger partial charge in [-0.2, -0.15) is 0 Å². The quantitative estimate of drug-likeness (QED) is 0.890. The van der Waals surface area contributed by atoms with E-state index in [9.17, 15) is 0 Å². The normalized spacial score (nSPS) is 15.4. The van der Waals surface area contributed by atoms with Crippen LogP contribution in [0.4, 0.5) is 0 Å². The number of rotatable bonds is 2. The molecule has 6 heteroatoms. The van der Waals surface area contributed by atoms with E-state index in [2.05, 4.69) is 25.9 Å². The molecule has 5 nitrogen and oxygen atoms in total. The van der Waals surface area contributed by atoms with Gasteiger partial charge in [0.2, 0.25) is 0 Å². The molecule has 2 aromatic rings. The molecule has 1 unspecified atom stereocenters. The molecule has 1 aromatic carbocycles. The minimum Gasteiger partial charge on any atom is -0.486 e. The summed E-state index contributed by atoms with van der Waals surface area (Å²) in [5.74, 6) is 2.20. The zero-order chi connectivity index (χ0) is 12.5. The van der Waals surface area contributed by atoms with E-state index in [1.165, 1.54) is 0 Å². The molecule has 0 saturated heterocycles. The van der Waals surface area contributed by atoms with E-state index in [0.717, 1.165) is 21.7 Å². The first-order chi connectivity index (χ1) is 8.74. The van der Waals surface area contributed by atoms with Crippen LogP contribution in [0, 0.1) is 0 Å². The van der Waals surface area contributed by atoms with Crippen molar-refractivity contribution in [3.05, 3.63) is 40.4 Å². The number of nitrogens with zero attached hydrogens (tertiary/aromatic N) is 1. The Hall–Kier alpha value is -1.53. The number of fused-ring (bicyclic) bond motifs is 1. The van der Waals surface area contributed by atoms with E-state index < -0.39 is 0 Å². The van der Waals surface area contributed by atoms with Crippen molar-refractivity contribution in [3.8, 4) is 11.5 Å². The molecule has 2 heterocycles. The number of H-pyrrole nitrogens is 1. The van der Waals surface area contributed by atoms with Crippen LogP contribution in [0.25, 0.3) is 0 Å².